The highest BCUT2D eigenvalue weighted by Crippen LogP contribution is 2.41. The van der Waals surface area contributed by atoms with E-state index in [4.69, 9.17) is 5.11 Å². The summed E-state index contributed by atoms with van der Waals surface area (Å²) in [7, 11) is 0. The van der Waals surface area contributed by atoms with Crippen molar-refractivity contribution in [2.75, 3.05) is 13.1 Å². The minimum atomic E-state index is -0.728. The molecular weight excluding hydrogens is 238 g/mol. The molecule has 0 amide bonds. The third-order valence-electron chi connectivity index (χ3n) is 3.97. The van der Waals surface area contributed by atoms with E-state index < -0.39 is 5.97 Å². The summed E-state index contributed by atoms with van der Waals surface area (Å²) in [4.78, 5) is 13.3. The Morgan fingerprint density at radius 1 is 1.37 bits per heavy atom. The fourth-order valence-electron chi connectivity index (χ4n) is 2.72. The summed E-state index contributed by atoms with van der Waals surface area (Å²) in [6, 6.07) is 8.51. The van der Waals surface area contributed by atoms with Crippen LogP contribution in [-0.2, 0) is 4.79 Å². The van der Waals surface area contributed by atoms with Crippen LogP contribution in [0.25, 0.3) is 0 Å². The highest BCUT2D eigenvalue weighted by atomic mass is 16.4. The largest absolute Gasteiger partial charge is 0.481 e. The van der Waals surface area contributed by atoms with Crippen molar-refractivity contribution >= 4 is 5.97 Å². The molecule has 1 saturated carbocycles. The van der Waals surface area contributed by atoms with Gasteiger partial charge in [-0.2, -0.15) is 0 Å². The van der Waals surface area contributed by atoms with E-state index in [9.17, 15) is 4.79 Å². The molecule has 0 radical (unpaired) electrons. The van der Waals surface area contributed by atoms with Crippen LogP contribution in [0.3, 0.4) is 0 Å². The summed E-state index contributed by atoms with van der Waals surface area (Å²) in [5.41, 5.74) is 2.52. The predicted molar refractivity (Wildman–Crippen MR) is 76.3 cm³/mol. The SMILES string of the molecule is CCN(CC)C(CC(=O)O)c1cccc(C2CC2)c1. The molecule has 1 aromatic carbocycles. The molecule has 0 heterocycles. The van der Waals surface area contributed by atoms with E-state index in [-0.39, 0.29) is 12.5 Å². The van der Waals surface area contributed by atoms with Crippen molar-refractivity contribution in [2.45, 2.75) is 45.1 Å². The number of carboxylic acid groups (broad SMARTS) is 1. The smallest absolute Gasteiger partial charge is 0.305 e. The lowest BCUT2D eigenvalue weighted by Crippen LogP contribution is -2.30. The van der Waals surface area contributed by atoms with Gasteiger partial charge in [0.2, 0.25) is 0 Å². The highest BCUT2D eigenvalue weighted by Gasteiger charge is 2.26. The third kappa shape index (κ3) is 3.57. The second-order valence-electron chi connectivity index (χ2n) is 5.28. The van der Waals surface area contributed by atoms with Crippen molar-refractivity contribution in [3.8, 4) is 0 Å². The molecule has 0 aliphatic heterocycles. The molecule has 1 fully saturated rings. The molecule has 0 bridgehead atoms. The van der Waals surface area contributed by atoms with Crippen LogP contribution in [0.5, 0.6) is 0 Å². The van der Waals surface area contributed by atoms with Crippen LogP contribution in [0.4, 0.5) is 0 Å². The zero-order valence-corrected chi connectivity index (χ0v) is 11.8. The molecule has 1 atom stereocenters. The van der Waals surface area contributed by atoms with E-state index in [2.05, 4.69) is 43.0 Å². The van der Waals surface area contributed by atoms with Crippen molar-refractivity contribution in [2.24, 2.45) is 0 Å². The molecule has 1 aliphatic carbocycles. The maximum atomic E-state index is 11.1. The molecule has 3 nitrogen and oxygen atoms in total. The minimum absolute atomic E-state index is 0.00815. The number of rotatable bonds is 7. The van der Waals surface area contributed by atoms with Crippen molar-refractivity contribution < 1.29 is 9.90 Å². The summed E-state index contributed by atoms with van der Waals surface area (Å²) >= 11 is 0. The summed E-state index contributed by atoms with van der Waals surface area (Å²) < 4.78 is 0. The number of aliphatic carboxylic acids is 1. The van der Waals surface area contributed by atoms with Gasteiger partial charge in [0, 0.05) is 6.04 Å². The molecule has 3 heteroatoms. The average Bonchev–Trinajstić information content (AvgIpc) is 3.23. The first kappa shape index (κ1) is 14.1. The first-order valence-corrected chi connectivity index (χ1v) is 7.21. The van der Waals surface area contributed by atoms with E-state index in [1.54, 1.807) is 0 Å². The van der Waals surface area contributed by atoms with Crippen LogP contribution < -0.4 is 0 Å². The van der Waals surface area contributed by atoms with E-state index >= 15 is 0 Å². The van der Waals surface area contributed by atoms with Gasteiger partial charge in [0.25, 0.3) is 0 Å². The molecular formula is C16H23NO2. The van der Waals surface area contributed by atoms with Gasteiger partial charge >= 0.3 is 5.97 Å². The van der Waals surface area contributed by atoms with Crippen molar-refractivity contribution in [3.05, 3.63) is 35.4 Å². The lowest BCUT2D eigenvalue weighted by Gasteiger charge is -2.29. The van der Waals surface area contributed by atoms with Gasteiger partial charge in [-0.15, -0.1) is 0 Å². The van der Waals surface area contributed by atoms with Gasteiger partial charge in [0.05, 0.1) is 6.42 Å². The number of hydrogen-bond acceptors (Lipinski definition) is 2. The third-order valence-corrected chi connectivity index (χ3v) is 3.97. The van der Waals surface area contributed by atoms with E-state index in [1.807, 2.05) is 0 Å². The molecule has 1 aromatic rings. The maximum absolute atomic E-state index is 11.1. The van der Waals surface area contributed by atoms with Gasteiger partial charge in [-0.25, -0.2) is 0 Å². The highest BCUT2D eigenvalue weighted by molar-refractivity contribution is 5.68. The minimum Gasteiger partial charge on any atom is -0.481 e. The predicted octanol–water partition coefficient (Wildman–Crippen LogP) is 3.42. The summed E-state index contributed by atoms with van der Waals surface area (Å²) in [5, 5.41) is 9.15. The molecule has 1 N–H and O–H groups in total. The molecule has 1 unspecified atom stereocenters. The summed E-state index contributed by atoms with van der Waals surface area (Å²) in [6.45, 7) is 5.93. The van der Waals surface area contributed by atoms with Crippen molar-refractivity contribution in [3.63, 3.8) is 0 Å². The Hall–Kier alpha value is -1.35. The quantitative estimate of drug-likeness (QED) is 0.817. The number of hydrogen-bond donors (Lipinski definition) is 1. The Morgan fingerprint density at radius 3 is 2.58 bits per heavy atom. The molecule has 1 aliphatic rings. The van der Waals surface area contributed by atoms with Gasteiger partial charge in [-0.05, 0) is 43.0 Å². The molecule has 19 heavy (non-hydrogen) atoms. The second-order valence-corrected chi connectivity index (χ2v) is 5.28. The van der Waals surface area contributed by atoms with Gasteiger partial charge in [-0.3, -0.25) is 9.69 Å². The Kier molecular flexibility index (Phi) is 4.59. The number of carboxylic acids is 1. The Morgan fingerprint density at radius 2 is 2.05 bits per heavy atom. The van der Waals surface area contributed by atoms with Crippen LogP contribution >= 0.6 is 0 Å². The standard InChI is InChI=1S/C16H23NO2/c1-3-17(4-2)15(11-16(18)19)14-7-5-6-13(10-14)12-8-9-12/h5-7,10,12,15H,3-4,8-9,11H2,1-2H3,(H,18,19). The number of nitrogens with zero attached hydrogens (tertiary/aromatic N) is 1. The average molecular weight is 261 g/mol. The first-order chi connectivity index (χ1) is 9.15. The zero-order valence-electron chi connectivity index (χ0n) is 11.8. The fraction of sp³-hybridized carbons (Fsp3) is 0.562. The molecule has 104 valence electrons. The van der Waals surface area contributed by atoms with Crippen LogP contribution in [0.2, 0.25) is 0 Å². The Bertz CT molecular complexity index is 436. The summed E-state index contributed by atoms with van der Waals surface area (Å²) in [5.74, 6) is -0.0177. The van der Waals surface area contributed by atoms with Crippen molar-refractivity contribution in [1.82, 2.24) is 4.90 Å². The molecule has 0 aromatic heterocycles. The molecule has 2 rings (SSSR count). The van der Waals surface area contributed by atoms with Crippen molar-refractivity contribution in [1.29, 1.82) is 0 Å². The van der Waals surface area contributed by atoms with Crippen LogP contribution in [0, 0.1) is 0 Å². The Balaban J connectivity index is 2.25. The monoisotopic (exact) mass is 261 g/mol. The van der Waals surface area contributed by atoms with Gasteiger partial charge < -0.3 is 5.11 Å². The lowest BCUT2D eigenvalue weighted by atomic mass is 9.98. The maximum Gasteiger partial charge on any atom is 0.305 e. The summed E-state index contributed by atoms with van der Waals surface area (Å²) in [6.07, 6.45) is 2.73. The number of benzene rings is 1. The first-order valence-electron chi connectivity index (χ1n) is 7.21. The lowest BCUT2D eigenvalue weighted by molar-refractivity contribution is -0.138. The van der Waals surface area contributed by atoms with Gasteiger partial charge in [0.1, 0.15) is 0 Å². The topological polar surface area (TPSA) is 40.5 Å². The zero-order chi connectivity index (χ0) is 13.8. The molecule has 0 spiro atoms. The van der Waals surface area contributed by atoms with E-state index in [0.29, 0.717) is 5.92 Å². The van der Waals surface area contributed by atoms with E-state index in [0.717, 1.165) is 18.7 Å². The van der Waals surface area contributed by atoms with E-state index in [1.165, 1.54) is 18.4 Å². The second kappa shape index (κ2) is 6.20. The van der Waals surface area contributed by atoms with Crippen LogP contribution in [0.15, 0.2) is 24.3 Å². The van der Waals surface area contributed by atoms with Gasteiger partial charge in [-0.1, -0.05) is 38.1 Å². The fourth-order valence-corrected chi connectivity index (χ4v) is 2.72. The number of carbonyl (C=O) groups is 1. The van der Waals surface area contributed by atoms with Gasteiger partial charge in [0.15, 0.2) is 0 Å². The Labute approximate surface area is 115 Å². The van der Waals surface area contributed by atoms with Crippen LogP contribution in [0.1, 0.15) is 56.2 Å². The normalized spacial score (nSPS) is 16.6. The molecule has 0 saturated heterocycles. The van der Waals surface area contributed by atoms with Crippen LogP contribution in [-0.4, -0.2) is 29.1 Å².